The summed E-state index contributed by atoms with van der Waals surface area (Å²) in [6.07, 6.45) is 9.20. The molecule has 0 aliphatic carbocycles. The maximum Gasteiger partial charge on any atom is 0.0412 e. The third-order valence-corrected chi connectivity index (χ3v) is 4.69. The predicted octanol–water partition coefficient (Wildman–Crippen LogP) is 6.40. The van der Waals surface area contributed by atoms with Crippen molar-refractivity contribution in [3.8, 4) is 0 Å². The van der Waals surface area contributed by atoms with E-state index >= 15 is 0 Å². The van der Waals surface area contributed by atoms with Crippen molar-refractivity contribution in [1.82, 2.24) is 0 Å². The van der Waals surface area contributed by atoms with Crippen LogP contribution in [-0.2, 0) is 6.42 Å². The maximum atomic E-state index is 3.34. The van der Waals surface area contributed by atoms with Crippen molar-refractivity contribution in [1.29, 1.82) is 0 Å². The van der Waals surface area contributed by atoms with E-state index in [9.17, 15) is 0 Å². The summed E-state index contributed by atoms with van der Waals surface area (Å²) in [4.78, 5) is 2.25. The fraction of sp³-hybridized carbons (Fsp3) is 0.455. The van der Waals surface area contributed by atoms with E-state index in [2.05, 4.69) is 72.7 Å². The first-order valence-electron chi connectivity index (χ1n) is 9.35. The normalized spacial score (nSPS) is 10.6. The summed E-state index contributed by atoms with van der Waals surface area (Å²) in [5, 5.41) is 3.34. The molecule has 0 unspecified atom stereocenters. The molecule has 0 fully saturated rings. The number of rotatable bonds is 10. The molecular formula is C22H32N2. The van der Waals surface area contributed by atoms with Crippen LogP contribution in [0, 0.1) is 0 Å². The first kappa shape index (κ1) is 18.4. The fourth-order valence-electron chi connectivity index (χ4n) is 3.14. The van der Waals surface area contributed by atoms with Crippen molar-refractivity contribution < 1.29 is 0 Å². The molecule has 2 nitrogen and oxygen atoms in total. The van der Waals surface area contributed by atoms with Gasteiger partial charge < -0.3 is 10.2 Å². The van der Waals surface area contributed by atoms with Gasteiger partial charge in [-0.05, 0) is 48.7 Å². The minimum atomic E-state index is 1.15. The lowest BCUT2D eigenvalue weighted by Gasteiger charge is -2.21. The number of para-hydroxylation sites is 1. The SMILES string of the molecule is CCCCCCCCc1cc(N(C)c2ccccc2)ccc1NC. The van der Waals surface area contributed by atoms with Crippen molar-refractivity contribution in [2.45, 2.75) is 51.9 Å². The van der Waals surface area contributed by atoms with Crippen LogP contribution >= 0.6 is 0 Å². The van der Waals surface area contributed by atoms with E-state index in [1.807, 2.05) is 7.05 Å². The summed E-state index contributed by atoms with van der Waals surface area (Å²) in [5.41, 5.74) is 5.16. The third-order valence-electron chi connectivity index (χ3n) is 4.69. The number of hydrogen-bond acceptors (Lipinski definition) is 2. The van der Waals surface area contributed by atoms with Gasteiger partial charge in [0, 0.05) is 31.2 Å². The Hall–Kier alpha value is -1.96. The molecule has 0 saturated carbocycles. The van der Waals surface area contributed by atoms with Gasteiger partial charge >= 0.3 is 0 Å². The quantitative estimate of drug-likeness (QED) is 0.509. The Morgan fingerprint density at radius 2 is 1.54 bits per heavy atom. The van der Waals surface area contributed by atoms with E-state index in [-0.39, 0.29) is 0 Å². The van der Waals surface area contributed by atoms with Gasteiger partial charge in [-0.15, -0.1) is 0 Å². The Bertz CT molecular complexity index is 592. The predicted molar refractivity (Wildman–Crippen MR) is 108 cm³/mol. The average molecular weight is 325 g/mol. The highest BCUT2D eigenvalue weighted by molar-refractivity contribution is 5.67. The van der Waals surface area contributed by atoms with Crippen LogP contribution in [0.2, 0.25) is 0 Å². The molecule has 0 aliphatic heterocycles. The molecule has 0 bridgehead atoms. The lowest BCUT2D eigenvalue weighted by Crippen LogP contribution is -2.10. The van der Waals surface area contributed by atoms with Crippen LogP contribution in [0.4, 0.5) is 17.1 Å². The van der Waals surface area contributed by atoms with Crippen LogP contribution in [0.5, 0.6) is 0 Å². The second-order valence-corrected chi connectivity index (χ2v) is 6.50. The molecule has 2 aromatic carbocycles. The van der Waals surface area contributed by atoms with E-state index in [1.165, 1.54) is 61.2 Å². The lowest BCUT2D eigenvalue weighted by atomic mass is 10.0. The van der Waals surface area contributed by atoms with E-state index < -0.39 is 0 Å². The summed E-state index contributed by atoms with van der Waals surface area (Å²) in [7, 11) is 4.15. The Labute approximate surface area is 147 Å². The monoisotopic (exact) mass is 324 g/mol. The van der Waals surface area contributed by atoms with Crippen LogP contribution in [0.3, 0.4) is 0 Å². The molecule has 0 radical (unpaired) electrons. The van der Waals surface area contributed by atoms with Crippen LogP contribution in [0.25, 0.3) is 0 Å². The zero-order chi connectivity index (χ0) is 17.2. The molecule has 2 rings (SSSR count). The highest BCUT2D eigenvalue weighted by Crippen LogP contribution is 2.28. The van der Waals surface area contributed by atoms with Crippen LogP contribution < -0.4 is 10.2 Å². The van der Waals surface area contributed by atoms with E-state index in [0.717, 1.165) is 6.42 Å². The minimum Gasteiger partial charge on any atom is -0.388 e. The smallest absolute Gasteiger partial charge is 0.0412 e. The summed E-state index contributed by atoms with van der Waals surface area (Å²) >= 11 is 0. The topological polar surface area (TPSA) is 15.3 Å². The molecule has 0 amide bonds. The standard InChI is InChI=1S/C22H32N2/c1-4-5-6-7-8-10-13-19-18-21(16-17-22(19)23-2)24(3)20-14-11-9-12-15-20/h9,11-12,14-18,23H,4-8,10,13H2,1-3H3. The molecule has 24 heavy (non-hydrogen) atoms. The van der Waals surface area contributed by atoms with Gasteiger partial charge in [-0.3, -0.25) is 0 Å². The summed E-state index contributed by atoms with van der Waals surface area (Å²) in [6.45, 7) is 2.27. The van der Waals surface area contributed by atoms with Crippen LogP contribution in [0.1, 0.15) is 51.0 Å². The Morgan fingerprint density at radius 3 is 2.25 bits per heavy atom. The van der Waals surface area contributed by atoms with E-state index in [1.54, 1.807) is 0 Å². The second-order valence-electron chi connectivity index (χ2n) is 6.50. The fourth-order valence-corrected chi connectivity index (χ4v) is 3.14. The number of anilines is 3. The molecule has 0 heterocycles. The van der Waals surface area contributed by atoms with E-state index in [4.69, 9.17) is 0 Å². The van der Waals surface area contributed by atoms with Crippen molar-refractivity contribution in [3.05, 3.63) is 54.1 Å². The first-order chi connectivity index (χ1) is 11.8. The molecule has 0 atom stereocenters. The van der Waals surface area contributed by atoms with Crippen molar-refractivity contribution in [2.75, 3.05) is 24.3 Å². The number of unbranched alkanes of at least 4 members (excludes halogenated alkanes) is 5. The van der Waals surface area contributed by atoms with Crippen molar-refractivity contribution in [2.24, 2.45) is 0 Å². The highest BCUT2D eigenvalue weighted by atomic mass is 15.1. The van der Waals surface area contributed by atoms with Gasteiger partial charge in [0.25, 0.3) is 0 Å². The molecule has 0 aromatic heterocycles. The van der Waals surface area contributed by atoms with Crippen LogP contribution in [0.15, 0.2) is 48.5 Å². The van der Waals surface area contributed by atoms with Gasteiger partial charge in [0.1, 0.15) is 0 Å². The second kappa shape index (κ2) is 10.0. The van der Waals surface area contributed by atoms with E-state index in [0.29, 0.717) is 0 Å². The zero-order valence-corrected chi connectivity index (χ0v) is 15.5. The van der Waals surface area contributed by atoms with Gasteiger partial charge in [0.05, 0.1) is 0 Å². The first-order valence-corrected chi connectivity index (χ1v) is 9.35. The highest BCUT2D eigenvalue weighted by Gasteiger charge is 2.08. The number of hydrogen-bond donors (Lipinski definition) is 1. The Kier molecular flexibility index (Phi) is 7.67. The molecule has 2 aromatic rings. The van der Waals surface area contributed by atoms with Gasteiger partial charge in [-0.25, -0.2) is 0 Å². The molecule has 0 aliphatic rings. The third kappa shape index (κ3) is 5.30. The average Bonchev–Trinajstić information content (AvgIpc) is 2.64. The zero-order valence-electron chi connectivity index (χ0n) is 15.5. The minimum absolute atomic E-state index is 1.15. The summed E-state index contributed by atoms with van der Waals surface area (Å²) in [5.74, 6) is 0. The largest absolute Gasteiger partial charge is 0.388 e. The Morgan fingerprint density at radius 1 is 0.833 bits per heavy atom. The van der Waals surface area contributed by atoms with Gasteiger partial charge in [0.2, 0.25) is 0 Å². The molecule has 130 valence electrons. The number of benzene rings is 2. The maximum absolute atomic E-state index is 3.34. The van der Waals surface area contributed by atoms with Crippen molar-refractivity contribution in [3.63, 3.8) is 0 Å². The van der Waals surface area contributed by atoms with Gasteiger partial charge in [0.15, 0.2) is 0 Å². The number of nitrogens with zero attached hydrogens (tertiary/aromatic N) is 1. The molecule has 0 saturated heterocycles. The van der Waals surface area contributed by atoms with Crippen molar-refractivity contribution >= 4 is 17.1 Å². The molecule has 1 N–H and O–H groups in total. The molecular weight excluding hydrogens is 292 g/mol. The number of aryl methyl sites for hydroxylation is 1. The lowest BCUT2D eigenvalue weighted by molar-refractivity contribution is 0.608. The molecule has 2 heteroatoms. The summed E-state index contributed by atoms with van der Waals surface area (Å²) in [6, 6.07) is 17.3. The number of nitrogens with one attached hydrogen (secondary N) is 1. The van der Waals surface area contributed by atoms with Crippen LogP contribution in [-0.4, -0.2) is 14.1 Å². The molecule has 0 spiro atoms. The summed E-state index contributed by atoms with van der Waals surface area (Å²) < 4.78 is 0. The Balaban J connectivity index is 2.01. The van der Waals surface area contributed by atoms with Gasteiger partial charge in [-0.2, -0.15) is 0 Å². The van der Waals surface area contributed by atoms with Gasteiger partial charge in [-0.1, -0.05) is 57.2 Å².